The zero-order valence-electron chi connectivity index (χ0n) is 34.8. The molecular formula is C59H48. The molecule has 0 aliphatic heterocycles. The average molecular weight is 757 g/mol. The smallest absolute Gasteiger partial charge is 0.0324 e. The van der Waals surface area contributed by atoms with E-state index in [1.165, 1.54) is 109 Å². The first-order valence-corrected chi connectivity index (χ1v) is 21.2. The van der Waals surface area contributed by atoms with Gasteiger partial charge in [-0.3, -0.25) is 0 Å². The van der Waals surface area contributed by atoms with Crippen LogP contribution in [0.5, 0.6) is 0 Å². The Kier molecular flexibility index (Phi) is 7.70. The molecule has 59 heavy (non-hydrogen) atoms. The third-order valence-corrected chi connectivity index (χ3v) is 13.7. The van der Waals surface area contributed by atoms with Crippen LogP contribution in [0.4, 0.5) is 0 Å². The van der Waals surface area contributed by atoms with E-state index in [2.05, 4.69) is 224 Å². The van der Waals surface area contributed by atoms with E-state index < -0.39 is 0 Å². The molecule has 0 radical (unpaired) electrons. The summed E-state index contributed by atoms with van der Waals surface area (Å²) in [5, 5.41) is 13.1. The molecule has 284 valence electrons. The molecule has 0 spiro atoms. The molecule has 0 heteroatoms. The molecule has 0 atom stereocenters. The predicted octanol–water partition coefficient (Wildman–Crippen LogP) is 16.8. The maximum Gasteiger partial charge on any atom is 0.0324 e. The van der Waals surface area contributed by atoms with Gasteiger partial charge in [0.2, 0.25) is 0 Å². The van der Waals surface area contributed by atoms with Crippen molar-refractivity contribution in [2.75, 3.05) is 0 Å². The van der Waals surface area contributed by atoms with E-state index in [4.69, 9.17) is 0 Å². The van der Waals surface area contributed by atoms with Gasteiger partial charge in [0.15, 0.2) is 0 Å². The van der Waals surface area contributed by atoms with Crippen molar-refractivity contribution in [1.82, 2.24) is 0 Å². The van der Waals surface area contributed by atoms with Crippen LogP contribution >= 0.6 is 0 Å². The summed E-state index contributed by atoms with van der Waals surface area (Å²) in [4.78, 5) is 0. The van der Waals surface area contributed by atoms with Gasteiger partial charge in [-0.05, 0) is 132 Å². The summed E-state index contributed by atoms with van der Waals surface area (Å²) in [5.74, 6) is 0. The average Bonchev–Trinajstić information content (AvgIpc) is 3.59. The van der Waals surface area contributed by atoms with Crippen molar-refractivity contribution in [2.24, 2.45) is 10.8 Å². The van der Waals surface area contributed by atoms with Gasteiger partial charge in [0.25, 0.3) is 0 Å². The molecule has 0 aromatic heterocycles. The summed E-state index contributed by atoms with van der Waals surface area (Å²) >= 11 is 0. The molecule has 1 aliphatic carbocycles. The van der Waals surface area contributed by atoms with Gasteiger partial charge in [-0.2, -0.15) is 0 Å². The van der Waals surface area contributed by atoms with Crippen LogP contribution in [0.3, 0.4) is 0 Å². The Labute approximate surface area is 347 Å². The molecule has 0 saturated carbocycles. The summed E-state index contributed by atoms with van der Waals surface area (Å²) in [7, 11) is 0. The second-order valence-electron chi connectivity index (χ2n) is 18.8. The van der Waals surface area contributed by atoms with Crippen molar-refractivity contribution in [1.29, 1.82) is 0 Å². The Morgan fingerprint density at radius 3 is 1.17 bits per heavy atom. The largest absolute Gasteiger partial charge is 0.0622 e. The highest BCUT2D eigenvalue weighted by molar-refractivity contribution is 6.23. The molecule has 0 bridgehead atoms. The van der Waals surface area contributed by atoms with Crippen LogP contribution < -0.4 is 0 Å². The first kappa shape index (κ1) is 35.6. The second kappa shape index (κ2) is 12.7. The van der Waals surface area contributed by atoms with Crippen molar-refractivity contribution in [3.05, 3.63) is 193 Å². The van der Waals surface area contributed by atoms with E-state index in [9.17, 15) is 0 Å². The number of hydrogen-bond donors (Lipinski definition) is 0. The minimum Gasteiger partial charge on any atom is -0.0622 e. The third kappa shape index (κ3) is 4.90. The van der Waals surface area contributed by atoms with Gasteiger partial charge < -0.3 is 0 Å². The molecule has 0 nitrogen and oxygen atoms in total. The highest BCUT2D eigenvalue weighted by Gasteiger charge is 2.59. The fourth-order valence-electron chi connectivity index (χ4n) is 12.0. The number of rotatable bonds is 3. The van der Waals surface area contributed by atoms with E-state index >= 15 is 0 Å². The van der Waals surface area contributed by atoms with E-state index in [1.807, 2.05) is 0 Å². The van der Waals surface area contributed by atoms with E-state index in [-0.39, 0.29) is 16.2 Å². The zero-order valence-corrected chi connectivity index (χ0v) is 34.8. The summed E-state index contributed by atoms with van der Waals surface area (Å²) in [6, 6.07) is 68.4. The normalized spacial score (nSPS) is 13.7. The van der Waals surface area contributed by atoms with Gasteiger partial charge in [-0.25, -0.2) is 0 Å². The lowest BCUT2D eigenvalue weighted by atomic mass is 9.49. The zero-order chi connectivity index (χ0) is 40.3. The van der Waals surface area contributed by atoms with Crippen LogP contribution in [0.25, 0.3) is 98.4 Å². The van der Waals surface area contributed by atoms with E-state index in [0.29, 0.717) is 0 Å². The van der Waals surface area contributed by atoms with Gasteiger partial charge in [-0.15, -0.1) is 0 Å². The van der Waals surface area contributed by atoms with Gasteiger partial charge in [0.1, 0.15) is 0 Å². The molecule has 0 unspecified atom stereocenters. The van der Waals surface area contributed by atoms with Crippen molar-refractivity contribution < 1.29 is 0 Å². The SMILES string of the molecule is CC(C)(C)C1(C(C)(C)C)c2c(cc(-c3cccc(-c4c5ccccc5c(-c5ccccc5)c5ccccc45)c3)c3ccccc23)-c2c1c1ccccc1c1ccccc21. The maximum atomic E-state index is 2.57. The summed E-state index contributed by atoms with van der Waals surface area (Å²) in [5.41, 5.74) is 12.7. The molecule has 10 aromatic carbocycles. The quantitative estimate of drug-likeness (QED) is 0.124. The topological polar surface area (TPSA) is 0 Å². The van der Waals surface area contributed by atoms with Crippen molar-refractivity contribution in [2.45, 2.75) is 47.0 Å². The van der Waals surface area contributed by atoms with Crippen LogP contribution in [0.15, 0.2) is 182 Å². The highest BCUT2D eigenvalue weighted by atomic mass is 14.6. The van der Waals surface area contributed by atoms with Crippen molar-refractivity contribution in [3.8, 4) is 44.5 Å². The molecule has 0 saturated heterocycles. The second-order valence-corrected chi connectivity index (χ2v) is 18.8. The molecule has 0 amide bonds. The monoisotopic (exact) mass is 756 g/mol. The Morgan fingerprint density at radius 1 is 0.271 bits per heavy atom. The van der Waals surface area contributed by atoms with Crippen LogP contribution in [-0.4, -0.2) is 0 Å². The number of fused-ring (bicyclic) bond motifs is 12. The first-order chi connectivity index (χ1) is 28.6. The molecule has 10 aromatic rings. The number of hydrogen-bond acceptors (Lipinski definition) is 0. The number of benzene rings is 10. The van der Waals surface area contributed by atoms with Gasteiger partial charge in [0.05, 0.1) is 0 Å². The molecular weight excluding hydrogens is 709 g/mol. The van der Waals surface area contributed by atoms with E-state index in [0.717, 1.165) is 0 Å². The minimum atomic E-state index is -0.299. The van der Waals surface area contributed by atoms with Crippen LogP contribution in [-0.2, 0) is 5.41 Å². The van der Waals surface area contributed by atoms with E-state index in [1.54, 1.807) is 0 Å². The molecule has 0 N–H and O–H groups in total. The molecule has 11 rings (SSSR count). The predicted molar refractivity (Wildman–Crippen MR) is 255 cm³/mol. The highest BCUT2D eigenvalue weighted by Crippen LogP contribution is 2.69. The fourth-order valence-corrected chi connectivity index (χ4v) is 12.0. The van der Waals surface area contributed by atoms with Gasteiger partial charge >= 0.3 is 0 Å². The first-order valence-electron chi connectivity index (χ1n) is 21.2. The third-order valence-electron chi connectivity index (χ3n) is 13.7. The van der Waals surface area contributed by atoms with Crippen molar-refractivity contribution >= 4 is 53.9 Å². The minimum absolute atomic E-state index is 0.116. The summed E-state index contributed by atoms with van der Waals surface area (Å²) in [6.45, 7) is 14.9. The van der Waals surface area contributed by atoms with Crippen LogP contribution in [0.2, 0.25) is 0 Å². The Hall–Kier alpha value is -6.50. The summed E-state index contributed by atoms with van der Waals surface area (Å²) in [6.07, 6.45) is 0. The van der Waals surface area contributed by atoms with Crippen LogP contribution in [0.1, 0.15) is 52.7 Å². The Morgan fingerprint density at radius 2 is 0.644 bits per heavy atom. The lowest BCUT2D eigenvalue weighted by Gasteiger charge is -2.54. The summed E-state index contributed by atoms with van der Waals surface area (Å²) < 4.78 is 0. The van der Waals surface area contributed by atoms with Crippen molar-refractivity contribution in [3.63, 3.8) is 0 Å². The standard InChI is InChI=1S/C59H48/c1-57(2,3)59(58(4,5)6)55-48-33-18-12-27-42(48)50(36-51(55)54-43-28-13-10-25-40(43)41-26-11-19-34-49(41)56(54)59)38-23-20-24-39(35-38)53-46-31-16-14-29-44(46)52(37-21-8-7-9-22-37)45-30-15-17-32-47(45)53/h7-36H,1-6H3. The van der Waals surface area contributed by atoms with Gasteiger partial charge in [0, 0.05) is 5.41 Å². The van der Waals surface area contributed by atoms with Crippen LogP contribution in [0, 0.1) is 10.8 Å². The lowest BCUT2D eigenvalue weighted by Crippen LogP contribution is -2.50. The molecule has 0 heterocycles. The Bertz CT molecular complexity index is 3260. The molecule has 1 aliphatic rings. The lowest BCUT2D eigenvalue weighted by molar-refractivity contribution is 0.0977. The van der Waals surface area contributed by atoms with Gasteiger partial charge in [-0.1, -0.05) is 211 Å². The Balaban J connectivity index is 1.25. The maximum absolute atomic E-state index is 2.57. The molecule has 0 fully saturated rings. The fraction of sp³-hybridized carbons (Fsp3) is 0.153.